The molecule has 0 saturated carbocycles. The van der Waals surface area contributed by atoms with E-state index in [4.69, 9.17) is 27.4 Å². The van der Waals surface area contributed by atoms with Gasteiger partial charge in [0.1, 0.15) is 29.6 Å². The van der Waals surface area contributed by atoms with E-state index < -0.39 is 26.5 Å². The SMILES string of the molecule is CCCCCc1cc(C)c(CCCCCCCCCCC(=O)OC[C@H](COP(=O)(O)OCCN(C)C)OC(=O)CCCCCCCCCCc2oc(CCC)cc2C)o1. The maximum Gasteiger partial charge on any atom is 0.472 e. The van der Waals surface area contributed by atoms with Gasteiger partial charge in [0.25, 0.3) is 0 Å². The number of esters is 2. The minimum absolute atomic E-state index is 0.00371. The Labute approximate surface area is 357 Å². The second kappa shape index (κ2) is 32.3. The molecule has 0 bridgehead atoms. The first-order chi connectivity index (χ1) is 28.4. The highest BCUT2D eigenvalue weighted by molar-refractivity contribution is 7.47. The zero-order chi connectivity index (χ0) is 43.1. The van der Waals surface area contributed by atoms with E-state index >= 15 is 0 Å². The molecule has 1 unspecified atom stereocenters. The number of carbonyl (C=O) groups excluding carboxylic acids is 2. The van der Waals surface area contributed by atoms with Gasteiger partial charge in [-0.15, -0.1) is 0 Å². The van der Waals surface area contributed by atoms with Gasteiger partial charge in [-0.1, -0.05) is 104 Å². The summed E-state index contributed by atoms with van der Waals surface area (Å²) in [5.74, 6) is 3.67. The molecular formula is C47H82NO10P. The number of nitrogens with zero attached hydrogens (tertiary/aromatic N) is 1. The Morgan fingerprint density at radius 3 is 1.61 bits per heavy atom. The highest BCUT2D eigenvalue weighted by Gasteiger charge is 2.26. The molecule has 0 aliphatic rings. The Morgan fingerprint density at radius 1 is 0.627 bits per heavy atom. The highest BCUT2D eigenvalue weighted by atomic mass is 31.2. The predicted octanol–water partition coefficient (Wildman–Crippen LogP) is 12.1. The van der Waals surface area contributed by atoms with E-state index in [0.29, 0.717) is 19.4 Å². The average Bonchev–Trinajstić information content (AvgIpc) is 3.73. The quantitative estimate of drug-likeness (QED) is 0.0392. The van der Waals surface area contributed by atoms with Gasteiger partial charge < -0.3 is 28.1 Å². The molecule has 2 aromatic heterocycles. The van der Waals surface area contributed by atoms with E-state index in [1.807, 2.05) is 19.0 Å². The highest BCUT2D eigenvalue weighted by Crippen LogP contribution is 2.43. The summed E-state index contributed by atoms with van der Waals surface area (Å²) in [6.45, 7) is 8.43. The van der Waals surface area contributed by atoms with Crippen LogP contribution in [0.1, 0.15) is 189 Å². The van der Waals surface area contributed by atoms with Gasteiger partial charge in [0.15, 0.2) is 6.10 Å². The van der Waals surface area contributed by atoms with Crippen molar-refractivity contribution in [3.8, 4) is 0 Å². The van der Waals surface area contributed by atoms with Crippen LogP contribution in [0.3, 0.4) is 0 Å². The van der Waals surface area contributed by atoms with Crippen molar-refractivity contribution in [2.45, 2.75) is 201 Å². The van der Waals surface area contributed by atoms with Crippen LogP contribution in [-0.2, 0) is 58.4 Å². The van der Waals surface area contributed by atoms with Crippen molar-refractivity contribution in [2.75, 3.05) is 40.5 Å². The lowest BCUT2D eigenvalue weighted by atomic mass is 10.1. The predicted molar refractivity (Wildman–Crippen MR) is 236 cm³/mol. The number of ether oxygens (including phenoxy) is 2. The molecule has 2 heterocycles. The number of phosphoric ester groups is 1. The molecule has 0 aromatic carbocycles. The molecule has 2 aromatic rings. The number of rotatable bonds is 38. The van der Waals surface area contributed by atoms with Gasteiger partial charge in [0.05, 0.1) is 13.2 Å². The largest absolute Gasteiger partial charge is 0.472 e. The molecule has 1 N–H and O–H groups in total. The van der Waals surface area contributed by atoms with Crippen LogP contribution in [0.5, 0.6) is 0 Å². The average molecular weight is 852 g/mol. The molecule has 11 nitrogen and oxygen atoms in total. The summed E-state index contributed by atoms with van der Waals surface area (Å²) in [5.41, 5.74) is 2.55. The molecule has 0 fully saturated rings. The number of carbonyl (C=O) groups is 2. The van der Waals surface area contributed by atoms with Crippen molar-refractivity contribution >= 4 is 19.8 Å². The summed E-state index contributed by atoms with van der Waals surface area (Å²) in [4.78, 5) is 37.2. The van der Waals surface area contributed by atoms with Gasteiger partial charge in [-0.2, -0.15) is 0 Å². The maximum absolute atomic E-state index is 12.7. The fraction of sp³-hybridized carbons (Fsp3) is 0.787. The number of phosphoric acid groups is 1. The third-order valence-electron chi connectivity index (χ3n) is 10.7. The number of furan rings is 2. The molecule has 0 amide bonds. The van der Waals surface area contributed by atoms with Crippen molar-refractivity contribution in [2.24, 2.45) is 0 Å². The van der Waals surface area contributed by atoms with Crippen LogP contribution in [0.2, 0.25) is 0 Å². The van der Waals surface area contributed by atoms with Crippen molar-refractivity contribution in [1.82, 2.24) is 4.90 Å². The van der Waals surface area contributed by atoms with Crippen molar-refractivity contribution in [1.29, 1.82) is 0 Å². The number of aryl methyl sites for hydroxylation is 6. The summed E-state index contributed by atoms with van der Waals surface area (Å²) in [7, 11) is -0.742. The molecule has 0 aliphatic heterocycles. The van der Waals surface area contributed by atoms with Crippen LogP contribution >= 0.6 is 7.82 Å². The first-order valence-corrected chi connectivity index (χ1v) is 24.7. The Morgan fingerprint density at radius 2 is 1.10 bits per heavy atom. The van der Waals surface area contributed by atoms with Crippen molar-refractivity contribution < 1.29 is 46.4 Å². The fourth-order valence-corrected chi connectivity index (χ4v) is 7.86. The first-order valence-electron chi connectivity index (χ1n) is 23.2. The zero-order valence-corrected chi connectivity index (χ0v) is 38.9. The van der Waals surface area contributed by atoms with Gasteiger partial charge in [-0.05, 0) is 89.7 Å². The second-order valence-corrected chi connectivity index (χ2v) is 18.2. The molecule has 12 heteroatoms. The van der Waals surface area contributed by atoms with E-state index in [1.165, 1.54) is 68.9 Å². The van der Waals surface area contributed by atoms with E-state index in [0.717, 1.165) is 107 Å². The van der Waals surface area contributed by atoms with Crippen molar-refractivity contribution in [3.05, 3.63) is 46.3 Å². The molecule has 59 heavy (non-hydrogen) atoms. The Kier molecular flexibility index (Phi) is 28.9. The van der Waals surface area contributed by atoms with Crippen LogP contribution in [0.25, 0.3) is 0 Å². The van der Waals surface area contributed by atoms with Crippen LogP contribution in [-0.4, -0.2) is 68.3 Å². The topological polar surface area (TPSA) is 138 Å². The minimum atomic E-state index is -4.38. The summed E-state index contributed by atoms with van der Waals surface area (Å²) in [6.07, 6.45) is 25.2. The summed E-state index contributed by atoms with van der Waals surface area (Å²) >= 11 is 0. The first kappa shape index (κ1) is 52.7. The number of likely N-dealkylation sites (N-methyl/N-ethyl adjacent to an activating group) is 1. The molecule has 340 valence electrons. The van der Waals surface area contributed by atoms with Crippen LogP contribution < -0.4 is 0 Å². The van der Waals surface area contributed by atoms with Gasteiger partial charge in [0, 0.05) is 45.1 Å². The van der Waals surface area contributed by atoms with Gasteiger partial charge >= 0.3 is 19.8 Å². The number of hydrogen-bond donors (Lipinski definition) is 1. The van der Waals surface area contributed by atoms with Gasteiger partial charge in [0.2, 0.25) is 0 Å². The smallest absolute Gasteiger partial charge is 0.466 e. The lowest BCUT2D eigenvalue weighted by Crippen LogP contribution is -2.29. The van der Waals surface area contributed by atoms with Crippen LogP contribution in [0, 0.1) is 13.8 Å². The van der Waals surface area contributed by atoms with E-state index in [-0.39, 0.29) is 32.0 Å². The summed E-state index contributed by atoms with van der Waals surface area (Å²) < 4.78 is 45.7. The molecule has 0 radical (unpaired) electrons. The Bertz CT molecular complexity index is 1440. The number of unbranched alkanes of at least 4 members (excludes halogenated alkanes) is 16. The van der Waals surface area contributed by atoms with E-state index in [2.05, 4.69) is 39.8 Å². The molecule has 0 aliphatic carbocycles. The lowest BCUT2D eigenvalue weighted by molar-refractivity contribution is -0.161. The maximum atomic E-state index is 12.7. The van der Waals surface area contributed by atoms with Crippen LogP contribution in [0.15, 0.2) is 21.0 Å². The minimum Gasteiger partial charge on any atom is -0.466 e. The summed E-state index contributed by atoms with van der Waals surface area (Å²) in [5, 5.41) is 0. The molecule has 0 spiro atoms. The molecule has 0 saturated heterocycles. The van der Waals surface area contributed by atoms with Crippen LogP contribution in [0.4, 0.5) is 0 Å². The zero-order valence-electron chi connectivity index (χ0n) is 38.0. The monoisotopic (exact) mass is 852 g/mol. The van der Waals surface area contributed by atoms with Gasteiger partial charge in [-0.25, -0.2) is 4.57 Å². The third kappa shape index (κ3) is 26.5. The standard InChI is InChI=1S/C47H82NO10P/c1-7-9-22-28-42-36-40(4)45(57-42)30-24-19-14-10-12-16-20-25-31-46(49)53-37-43(38-55-59(51,52)54-34-33-48(5)6)58-47(50)32-26-21-17-13-11-15-18-23-29-44-39(3)35-41(56-44)27-8-2/h35-36,43H,7-34,37-38H2,1-6H3,(H,51,52)/t43-/m1/s1. The third-order valence-corrected chi connectivity index (χ3v) is 11.7. The molecule has 2 rings (SSSR count). The lowest BCUT2D eigenvalue weighted by Gasteiger charge is -2.20. The van der Waals surface area contributed by atoms with Crippen molar-refractivity contribution in [3.63, 3.8) is 0 Å². The molecule has 2 atom stereocenters. The second-order valence-electron chi connectivity index (χ2n) is 16.7. The Balaban J connectivity index is 1.60. The normalized spacial score (nSPS) is 13.2. The summed E-state index contributed by atoms with van der Waals surface area (Å²) in [6, 6.07) is 4.39. The number of hydrogen-bond acceptors (Lipinski definition) is 10. The molecular weight excluding hydrogens is 769 g/mol. The van der Waals surface area contributed by atoms with E-state index in [9.17, 15) is 19.0 Å². The van der Waals surface area contributed by atoms with E-state index in [1.54, 1.807) is 0 Å². The Hall–Kier alpha value is -2.43. The van der Waals surface area contributed by atoms with Gasteiger partial charge in [-0.3, -0.25) is 18.6 Å². The fourth-order valence-electron chi connectivity index (χ4n) is 7.12.